The third kappa shape index (κ3) is 5.20. The predicted octanol–water partition coefficient (Wildman–Crippen LogP) is 2.81. The van der Waals surface area contributed by atoms with Gasteiger partial charge >= 0.3 is 6.03 Å². The minimum absolute atomic E-state index is 0.0850. The molecule has 1 atom stereocenters. The number of primary amides is 1. The van der Waals surface area contributed by atoms with Gasteiger partial charge in [0.25, 0.3) is 5.91 Å². The summed E-state index contributed by atoms with van der Waals surface area (Å²) in [6, 6.07) is 6.53. The molecule has 198 valence electrons. The number of carbonyl (C=O) groups excluding carboxylic acids is 2. The Kier molecular flexibility index (Phi) is 6.70. The summed E-state index contributed by atoms with van der Waals surface area (Å²) in [6.07, 6.45) is 4.55. The highest BCUT2D eigenvalue weighted by Crippen LogP contribution is 2.30. The number of hydrogen-bond acceptors (Lipinski definition) is 7. The van der Waals surface area contributed by atoms with Crippen molar-refractivity contribution in [3.05, 3.63) is 41.2 Å². The Hall–Kier alpha value is -3.40. The van der Waals surface area contributed by atoms with Gasteiger partial charge in [0.1, 0.15) is 5.82 Å². The highest BCUT2D eigenvalue weighted by atomic mass is 16.2. The second-order valence-electron chi connectivity index (χ2n) is 11.4. The molecule has 3 N–H and O–H groups in total. The lowest BCUT2D eigenvalue weighted by Crippen LogP contribution is -2.49. The average molecular weight is 507 g/mol. The number of carbonyl (C=O) groups is 2. The maximum Gasteiger partial charge on any atom is 0.320 e. The zero-order chi connectivity index (χ0) is 26.3. The van der Waals surface area contributed by atoms with Gasteiger partial charge in [-0.15, -0.1) is 0 Å². The summed E-state index contributed by atoms with van der Waals surface area (Å²) in [5, 5.41) is 3.33. The van der Waals surface area contributed by atoms with E-state index >= 15 is 0 Å². The fourth-order valence-electron chi connectivity index (χ4n) is 5.57. The van der Waals surface area contributed by atoms with E-state index in [1.54, 1.807) is 11.1 Å². The summed E-state index contributed by atoms with van der Waals surface area (Å²) < 4.78 is 0. The fraction of sp³-hybridized carbons (Fsp3) is 0.556. The van der Waals surface area contributed by atoms with E-state index < -0.39 is 5.91 Å². The molecule has 3 aliphatic rings. The molecule has 3 aliphatic heterocycles. The fourth-order valence-corrected chi connectivity index (χ4v) is 5.57. The van der Waals surface area contributed by atoms with Crippen LogP contribution in [0.15, 0.2) is 24.4 Å². The highest BCUT2D eigenvalue weighted by Gasteiger charge is 2.34. The van der Waals surface area contributed by atoms with Gasteiger partial charge in [-0.2, -0.15) is 0 Å². The summed E-state index contributed by atoms with van der Waals surface area (Å²) in [7, 11) is 1.84. The number of urea groups is 1. The van der Waals surface area contributed by atoms with Gasteiger partial charge in [-0.05, 0) is 63.3 Å². The number of fused-ring (bicyclic) bond motifs is 1. The first-order valence-corrected chi connectivity index (χ1v) is 13.2. The Morgan fingerprint density at radius 2 is 1.95 bits per heavy atom. The maximum atomic E-state index is 12.5. The molecule has 0 spiro atoms. The molecular weight excluding hydrogens is 468 g/mol. The molecule has 37 heavy (non-hydrogen) atoms. The molecule has 0 radical (unpaired) electrons. The van der Waals surface area contributed by atoms with E-state index in [1.165, 1.54) is 11.1 Å². The van der Waals surface area contributed by atoms with Crippen LogP contribution < -0.4 is 16.0 Å². The summed E-state index contributed by atoms with van der Waals surface area (Å²) in [6.45, 7) is 11.6. The molecule has 10 heteroatoms. The number of rotatable bonds is 5. The van der Waals surface area contributed by atoms with Gasteiger partial charge in [0.05, 0.1) is 12.2 Å². The van der Waals surface area contributed by atoms with Gasteiger partial charge in [-0.3, -0.25) is 9.69 Å². The highest BCUT2D eigenvalue weighted by molar-refractivity contribution is 5.96. The molecule has 1 aromatic carbocycles. The van der Waals surface area contributed by atoms with Gasteiger partial charge in [0.2, 0.25) is 0 Å². The van der Waals surface area contributed by atoms with Crippen LogP contribution in [0.1, 0.15) is 55.2 Å². The quantitative estimate of drug-likeness (QED) is 0.642. The lowest BCUT2D eigenvalue weighted by atomic mass is 9.95. The van der Waals surface area contributed by atoms with E-state index in [0.717, 1.165) is 57.7 Å². The maximum absolute atomic E-state index is 12.5. The predicted molar refractivity (Wildman–Crippen MR) is 144 cm³/mol. The first kappa shape index (κ1) is 25.3. The summed E-state index contributed by atoms with van der Waals surface area (Å²) in [5.41, 5.74) is 9.34. The third-order valence-corrected chi connectivity index (χ3v) is 7.83. The summed E-state index contributed by atoms with van der Waals surface area (Å²) in [4.78, 5) is 42.3. The van der Waals surface area contributed by atoms with Crippen LogP contribution in [0.25, 0.3) is 0 Å². The third-order valence-electron chi connectivity index (χ3n) is 7.83. The van der Waals surface area contributed by atoms with E-state index in [0.29, 0.717) is 18.2 Å². The van der Waals surface area contributed by atoms with Gasteiger partial charge in [-0.1, -0.05) is 6.07 Å². The van der Waals surface area contributed by atoms with Crippen LogP contribution in [-0.2, 0) is 13.0 Å². The van der Waals surface area contributed by atoms with Crippen LogP contribution in [-0.4, -0.2) is 88.0 Å². The van der Waals surface area contributed by atoms with E-state index in [1.807, 2.05) is 18.0 Å². The number of nitrogens with one attached hydrogen (secondary N) is 1. The van der Waals surface area contributed by atoms with Crippen molar-refractivity contribution in [1.82, 2.24) is 24.7 Å². The van der Waals surface area contributed by atoms with E-state index in [-0.39, 0.29) is 23.3 Å². The molecule has 0 saturated carbocycles. The van der Waals surface area contributed by atoms with Crippen molar-refractivity contribution in [1.29, 1.82) is 0 Å². The molecule has 2 fully saturated rings. The number of amides is 3. The van der Waals surface area contributed by atoms with Crippen molar-refractivity contribution < 1.29 is 9.59 Å². The standard InChI is InChI=1S/C27H38N8O2/c1-27(2,3)34-11-9-18-7-8-20(14-19(18)16-34)30-25-23(24(28)36)29-15-22(31-25)33-10-5-6-21(17-33)35-13-12-32(4)26(35)37/h7-8,14-15,21H,5-6,9-13,16-17H2,1-4H3,(H2,28,36)(H,30,31)/t21-/m1/s1. The number of anilines is 3. The lowest BCUT2D eigenvalue weighted by Gasteiger charge is -2.39. The molecule has 0 unspecified atom stereocenters. The molecular formula is C27H38N8O2. The summed E-state index contributed by atoms with van der Waals surface area (Å²) in [5.74, 6) is 0.405. The van der Waals surface area contributed by atoms with Crippen LogP contribution in [0.3, 0.4) is 0 Å². The van der Waals surface area contributed by atoms with Gasteiger partial charge in [-0.25, -0.2) is 14.8 Å². The van der Waals surface area contributed by atoms with E-state index in [2.05, 4.69) is 53.0 Å². The van der Waals surface area contributed by atoms with Crippen molar-refractivity contribution in [3.63, 3.8) is 0 Å². The van der Waals surface area contributed by atoms with Crippen molar-refractivity contribution in [2.24, 2.45) is 5.73 Å². The van der Waals surface area contributed by atoms with Crippen LogP contribution >= 0.6 is 0 Å². The Bertz CT molecular complexity index is 1190. The first-order valence-electron chi connectivity index (χ1n) is 13.2. The second kappa shape index (κ2) is 9.81. The molecule has 2 saturated heterocycles. The second-order valence-corrected chi connectivity index (χ2v) is 11.4. The Morgan fingerprint density at radius 1 is 1.14 bits per heavy atom. The molecule has 2 aromatic rings. The number of benzene rings is 1. The van der Waals surface area contributed by atoms with Crippen LogP contribution in [0, 0.1) is 0 Å². The van der Waals surface area contributed by atoms with Gasteiger partial charge < -0.3 is 25.8 Å². The zero-order valence-electron chi connectivity index (χ0n) is 22.3. The Morgan fingerprint density at radius 3 is 2.65 bits per heavy atom. The molecule has 10 nitrogen and oxygen atoms in total. The Labute approximate surface area is 218 Å². The largest absolute Gasteiger partial charge is 0.364 e. The van der Waals surface area contributed by atoms with Crippen molar-refractivity contribution in [2.75, 3.05) is 50.0 Å². The Balaban J connectivity index is 1.37. The summed E-state index contributed by atoms with van der Waals surface area (Å²) >= 11 is 0. The molecule has 0 aliphatic carbocycles. The van der Waals surface area contributed by atoms with Crippen LogP contribution in [0.2, 0.25) is 0 Å². The van der Waals surface area contributed by atoms with Gasteiger partial charge in [0, 0.05) is 57.5 Å². The van der Waals surface area contributed by atoms with E-state index in [9.17, 15) is 9.59 Å². The normalized spacial score (nSPS) is 20.8. The average Bonchev–Trinajstić information content (AvgIpc) is 3.21. The van der Waals surface area contributed by atoms with E-state index in [4.69, 9.17) is 10.7 Å². The number of nitrogens with two attached hydrogens (primary N) is 1. The number of aromatic nitrogens is 2. The molecule has 3 amide bonds. The zero-order valence-corrected chi connectivity index (χ0v) is 22.3. The lowest BCUT2D eigenvalue weighted by molar-refractivity contribution is 0.0996. The molecule has 1 aromatic heterocycles. The molecule has 0 bridgehead atoms. The monoisotopic (exact) mass is 506 g/mol. The number of piperidine rings is 1. The molecule has 5 rings (SSSR count). The topological polar surface area (TPSA) is 111 Å². The van der Waals surface area contributed by atoms with Crippen molar-refractivity contribution in [3.8, 4) is 0 Å². The van der Waals surface area contributed by atoms with Crippen LogP contribution in [0.5, 0.6) is 0 Å². The molecule has 4 heterocycles. The van der Waals surface area contributed by atoms with Gasteiger partial charge in [0.15, 0.2) is 11.5 Å². The first-order chi connectivity index (χ1) is 17.6. The smallest absolute Gasteiger partial charge is 0.320 e. The van der Waals surface area contributed by atoms with Crippen molar-refractivity contribution in [2.45, 2.75) is 58.2 Å². The minimum atomic E-state index is -0.624. The number of nitrogens with zero attached hydrogens (tertiary/aromatic N) is 6. The SMILES string of the molecule is CN1CCN([C@@H]2CCCN(c3cnc(C(N)=O)c(Nc4ccc5c(c4)CN(C(C)(C)C)CC5)n3)C2)C1=O. The van der Waals surface area contributed by atoms with Crippen molar-refractivity contribution >= 4 is 29.3 Å². The van der Waals surface area contributed by atoms with Crippen LogP contribution in [0.4, 0.5) is 22.1 Å². The number of hydrogen-bond donors (Lipinski definition) is 2. The minimum Gasteiger partial charge on any atom is -0.364 e. The number of likely N-dealkylation sites (N-methyl/N-ethyl adjacent to an activating group) is 1.